The minimum absolute atomic E-state index is 0.0582. The zero-order valence-electron chi connectivity index (χ0n) is 11.3. The lowest BCUT2D eigenvalue weighted by molar-refractivity contribution is -0.135. The number of nitrogens with zero attached hydrogens (tertiary/aromatic N) is 3. The van der Waals surface area contributed by atoms with Crippen LogP contribution in [0.1, 0.15) is 44.5 Å². The SMILES string of the molecule is CC1(C)OC(=O)N(Cc2noc([C@@H]3CCCO3)n2)C1=O. The van der Waals surface area contributed by atoms with Crippen LogP contribution in [0, 0.1) is 0 Å². The van der Waals surface area contributed by atoms with Crippen molar-refractivity contribution >= 4 is 12.0 Å². The number of carbonyl (C=O) groups excluding carboxylic acids is 2. The largest absolute Gasteiger partial charge is 0.433 e. The lowest BCUT2D eigenvalue weighted by Gasteiger charge is -2.12. The molecule has 2 amide bonds. The Hall–Kier alpha value is -1.96. The van der Waals surface area contributed by atoms with Gasteiger partial charge >= 0.3 is 6.09 Å². The molecule has 0 aliphatic carbocycles. The fourth-order valence-corrected chi connectivity index (χ4v) is 2.24. The molecule has 0 N–H and O–H groups in total. The molecule has 0 saturated carbocycles. The quantitative estimate of drug-likeness (QED) is 0.820. The fraction of sp³-hybridized carbons (Fsp3) is 0.667. The smallest absolute Gasteiger partial charge is 0.418 e. The van der Waals surface area contributed by atoms with Crippen molar-refractivity contribution in [3.05, 3.63) is 11.7 Å². The normalized spacial score (nSPS) is 25.3. The van der Waals surface area contributed by atoms with E-state index < -0.39 is 17.6 Å². The van der Waals surface area contributed by atoms with Gasteiger partial charge in [-0.25, -0.2) is 9.69 Å². The molecule has 108 valence electrons. The van der Waals surface area contributed by atoms with E-state index in [0.717, 1.165) is 17.7 Å². The highest BCUT2D eigenvalue weighted by molar-refractivity contribution is 6.02. The summed E-state index contributed by atoms with van der Waals surface area (Å²) in [7, 11) is 0. The summed E-state index contributed by atoms with van der Waals surface area (Å²) in [5.41, 5.74) is -1.14. The predicted octanol–water partition coefficient (Wildman–Crippen LogP) is 1.18. The molecule has 2 fully saturated rings. The van der Waals surface area contributed by atoms with Crippen molar-refractivity contribution in [3.8, 4) is 0 Å². The Morgan fingerprint density at radius 1 is 1.40 bits per heavy atom. The topological polar surface area (TPSA) is 94.8 Å². The van der Waals surface area contributed by atoms with Crippen molar-refractivity contribution in [2.75, 3.05) is 6.61 Å². The first-order valence-corrected chi connectivity index (χ1v) is 6.46. The molecule has 3 heterocycles. The van der Waals surface area contributed by atoms with Crippen LogP contribution in [-0.2, 0) is 20.8 Å². The number of cyclic esters (lactones) is 1. The fourth-order valence-electron chi connectivity index (χ4n) is 2.24. The molecule has 20 heavy (non-hydrogen) atoms. The molecule has 0 radical (unpaired) electrons. The van der Waals surface area contributed by atoms with Crippen LogP contribution in [0.5, 0.6) is 0 Å². The maximum Gasteiger partial charge on any atom is 0.418 e. The minimum Gasteiger partial charge on any atom is -0.433 e. The van der Waals surface area contributed by atoms with E-state index >= 15 is 0 Å². The van der Waals surface area contributed by atoms with Gasteiger partial charge in [0.25, 0.3) is 11.8 Å². The molecule has 0 spiro atoms. The number of aromatic nitrogens is 2. The summed E-state index contributed by atoms with van der Waals surface area (Å²) in [5, 5.41) is 3.77. The molecular weight excluding hydrogens is 266 g/mol. The zero-order valence-corrected chi connectivity index (χ0v) is 11.3. The summed E-state index contributed by atoms with van der Waals surface area (Å²) in [5.74, 6) is 0.237. The van der Waals surface area contributed by atoms with Crippen LogP contribution in [0.25, 0.3) is 0 Å². The van der Waals surface area contributed by atoms with Gasteiger partial charge in [-0.2, -0.15) is 4.98 Å². The Kier molecular flexibility index (Phi) is 2.97. The molecule has 0 unspecified atom stereocenters. The van der Waals surface area contributed by atoms with Gasteiger partial charge in [-0.3, -0.25) is 4.79 Å². The highest BCUT2D eigenvalue weighted by Gasteiger charge is 2.47. The molecule has 8 nitrogen and oxygen atoms in total. The van der Waals surface area contributed by atoms with Crippen LogP contribution in [0.3, 0.4) is 0 Å². The van der Waals surface area contributed by atoms with E-state index in [0.29, 0.717) is 12.5 Å². The average molecular weight is 281 g/mol. The summed E-state index contributed by atoms with van der Waals surface area (Å²) in [6.45, 7) is 3.70. The van der Waals surface area contributed by atoms with Crippen LogP contribution in [0.4, 0.5) is 4.79 Å². The number of ether oxygens (including phenoxy) is 2. The van der Waals surface area contributed by atoms with Crippen molar-refractivity contribution in [1.82, 2.24) is 15.0 Å². The number of amides is 2. The van der Waals surface area contributed by atoms with Gasteiger partial charge < -0.3 is 14.0 Å². The highest BCUT2D eigenvalue weighted by atomic mass is 16.6. The minimum atomic E-state index is -1.14. The molecule has 2 aliphatic heterocycles. The molecule has 1 aromatic rings. The molecule has 3 rings (SSSR count). The summed E-state index contributed by atoms with van der Waals surface area (Å²) in [6, 6.07) is 0. The predicted molar refractivity (Wildman–Crippen MR) is 63.3 cm³/mol. The van der Waals surface area contributed by atoms with Crippen molar-refractivity contribution in [3.63, 3.8) is 0 Å². The molecule has 1 atom stereocenters. The Bertz CT molecular complexity index is 547. The summed E-state index contributed by atoms with van der Waals surface area (Å²) < 4.78 is 15.5. The van der Waals surface area contributed by atoms with Crippen molar-refractivity contribution in [2.45, 2.75) is 44.9 Å². The standard InChI is InChI=1S/C12H15N3O5/c1-12(2)10(16)15(11(17)19-12)6-8-13-9(20-14-8)7-4-3-5-18-7/h7H,3-6H2,1-2H3/t7-/m0/s1. The van der Waals surface area contributed by atoms with Gasteiger partial charge in [0.15, 0.2) is 11.4 Å². The first-order valence-electron chi connectivity index (χ1n) is 6.46. The van der Waals surface area contributed by atoms with E-state index in [1.165, 1.54) is 0 Å². The average Bonchev–Trinajstić information content (AvgIpc) is 3.07. The molecule has 0 bridgehead atoms. The second-order valence-corrected chi connectivity index (χ2v) is 5.32. The Labute approximate surface area is 115 Å². The number of hydrogen-bond donors (Lipinski definition) is 0. The summed E-state index contributed by atoms with van der Waals surface area (Å²) >= 11 is 0. The number of carbonyl (C=O) groups is 2. The molecule has 1 aromatic heterocycles. The van der Waals surface area contributed by atoms with E-state index in [1.807, 2.05) is 0 Å². The van der Waals surface area contributed by atoms with Gasteiger partial charge in [-0.05, 0) is 26.7 Å². The van der Waals surface area contributed by atoms with E-state index in [-0.39, 0.29) is 18.5 Å². The molecule has 2 aliphatic rings. The number of rotatable bonds is 3. The molecular formula is C12H15N3O5. The third kappa shape index (κ3) is 2.15. The van der Waals surface area contributed by atoms with Crippen LogP contribution in [0.2, 0.25) is 0 Å². The second-order valence-electron chi connectivity index (χ2n) is 5.32. The van der Waals surface area contributed by atoms with Crippen LogP contribution in [0.15, 0.2) is 4.52 Å². The Morgan fingerprint density at radius 3 is 2.80 bits per heavy atom. The monoisotopic (exact) mass is 281 g/mol. The van der Waals surface area contributed by atoms with E-state index in [4.69, 9.17) is 14.0 Å². The van der Waals surface area contributed by atoms with Gasteiger partial charge in [-0.1, -0.05) is 5.16 Å². The van der Waals surface area contributed by atoms with Crippen LogP contribution >= 0.6 is 0 Å². The van der Waals surface area contributed by atoms with Crippen LogP contribution in [-0.4, -0.2) is 39.2 Å². The van der Waals surface area contributed by atoms with Crippen LogP contribution < -0.4 is 0 Å². The number of imide groups is 1. The van der Waals surface area contributed by atoms with Crippen molar-refractivity contribution in [1.29, 1.82) is 0 Å². The zero-order chi connectivity index (χ0) is 14.3. The maximum atomic E-state index is 12.0. The molecule has 8 heteroatoms. The first kappa shape index (κ1) is 13.0. The van der Waals surface area contributed by atoms with Gasteiger partial charge in [-0.15, -0.1) is 0 Å². The van der Waals surface area contributed by atoms with E-state index in [2.05, 4.69) is 10.1 Å². The van der Waals surface area contributed by atoms with Crippen molar-refractivity contribution in [2.24, 2.45) is 0 Å². The second kappa shape index (κ2) is 4.55. The molecule has 0 aromatic carbocycles. The van der Waals surface area contributed by atoms with Gasteiger partial charge in [0, 0.05) is 6.61 Å². The Morgan fingerprint density at radius 2 is 2.20 bits per heavy atom. The van der Waals surface area contributed by atoms with Gasteiger partial charge in [0.05, 0.1) is 6.54 Å². The first-order chi connectivity index (χ1) is 9.47. The lowest BCUT2D eigenvalue weighted by atomic mass is 10.1. The molecule has 2 saturated heterocycles. The Balaban J connectivity index is 1.72. The third-order valence-electron chi connectivity index (χ3n) is 3.31. The van der Waals surface area contributed by atoms with Crippen molar-refractivity contribution < 1.29 is 23.6 Å². The third-order valence-corrected chi connectivity index (χ3v) is 3.31. The number of hydrogen-bond acceptors (Lipinski definition) is 7. The highest BCUT2D eigenvalue weighted by Crippen LogP contribution is 2.28. The van der Waals surface area contributed by atoms with Gasteiger partial charge in [0.2, 0.25) is 0 Å². The van der Waals surface area contributed by atoms with E-state index in [1.54, 1.807) is 13.8 Å². The van der Waals surface area contributed by atoms with Gasteiger partial charge in [0.1, 0.15) is 6.10 Å². The maximum absolute atomic E-state index is 12.0. The van der Waals surface area contributed by atoms with E-state index in [9.17, 15) is 9.59 Å². The summed E-state index contributed by atoms with van der Waals surface area (Å²) in [6.07, 6.45) is 0.907. The lowest BCUT2D eigenvalue weighted by Crippen LogP contribution is -2.36. The summed E-state index contributed by atoms with van der Waals surface area (Å²) in [4.78, 5) is 28.8.